The molecule has 1 aromatic rings. The lowest BCUT2D eigenvalue weighted by Crippen LogP contribution is -2.27. The van der Waals surface area contributed by atoms with Crippen LogP contribution in [0.5, 0.6) is 5.75 Å². The van der Waals surface area contributed by atoms with E-state index in [2.05, 4.69) is 6.92 Å². The molecule has 0 radical (unpaired) electrons. The average molecular weight is 311 g/mol. The summed E-state index contributed by atoms with van der Waals surface area (Å²) in [4.78, 5) is 0.230. The van der Waals surface area contributed by atoms with Crippen LogP contribution in [0.15, 0.2) is 23.1 Å². The van der Waals surface area contributed by atoms with Crippen LogP contribution < -0.4 is 10.5 Å². The van der Waals surface area contributed by atoms with Gasteiger partial charge in [-0.05, 0) is 50.7 Å². The number of ether oxygens (including phenoxy) is 1. The highest BCUT2D eigenvalue weighted by molar-refractivity contribution is 7.92. The first-order valence-corrected chi connectivity index (χ1v) is 9.29. The number of sulfone groups is 1. The van der Waals surface area contributed by atoms with E-state index >= 15 is 0 Å². The molecule has 0 aliphatic heterocycles. The Kier molecular flexibility index (Phi) is 5.14. The van der Waals surface area contributed by atoms with Crippen molar-refractivity contribution >= 4 is 15.5 Å². The minimum Gasteiger partial charge on any atom is -0.494 e. The monoisotopic (exact) mass is 311 g/mol. The predicted octanol–water partition coefficient (Wildman–Crippen LogP) is 3.41. The standard InChI is InChI=1S/C16H25NO3S/c1-3-12-5-8-14(9-6-12)21(18,19)16-11-13(20-4-2)7-10-15(16)17/h7,10-12,14H,3-6,8-9,17H2,1-2H3. The normalized spacial score (nSPS) is 23.0. The Hall–Kier alpha value is -1.23. The molecule has 1 aromatic carbocycles. The number of rotatable bonds is 5. The molecule has 0 aromatic heterocycles. The fraction of sp³-hybridized carbons (Fsp3) is 0.625. The Morgan fingerprint density at radius 3 is 2.43 bits per heavy atom. The minimum absolute atomic E-state index is 0.230. The van der Waals surface area contributed by atoms with Gasteiger partial charge in [-0.2, -0.15) is 0 Å². The van der Waals surface area contributed by atoms with Gasteiger partial charge in [-0.3, -0.25) is 0 Å². The van der Waals surface area contributed by atoms with Crippen molar-refractivity contribution in [3.05, 3.63) is 18.2 Å². The maximum atomic E-state index is 12.8. The van der Waals surface area contributed by atoms with Crippen molar-refractivity contribution in [2.24, 2.45) is 5.92 Å². The van der Waals surface area contributed by atoms with Gasteiger partial charge in [0.15, 0.2) is 9.84 Å². The van der Waals surface area contributed by atoms with Gasteiger partial charge in [0, 0.05) is 6.07 Å². The molecule has 0 spiro atoms. The molecule has 1 aliphatic rings. The molecule has 118 valence electrons. The third kappa shape index (κ3) is 3.51. The van der Waals surface area contributed by atoms with Gasteiger partial charge in [0.25, 0.3) is 0 Å². The second-order valence-electron chi connectivity index (χ2n) is 5.73. The Labute approximate surface area is 127 Å². The van der Waals surface area contributed by atoms with Crippen molar-refractivity contribution in [1.29, 1.82) is 0 Å². The van der Waals surface area contributed by atoms with Gasteiger partial charge < -0.3 is 10.5 Å². The molecule has 0 saturated heterocycles. The van der Waals surface area contributed by atoms with E-state index in [1.54, 1.807) is 18.2 Å². The molecule has 0 bridgehead atoms. The Bertz CT molecular complexity index is 575. The molecular weight excluding hydrogens is 286 g/mol. The van der Waals surface area contributed by atoms with Crippen LogP contribution >= 0.6 is 0 Å². The molecule has 2 rings (SSSR count). The lowest BCUT2D eigenvalue weighted by atomic mass is 9.87. The number of benzene rings is 1. The van der Waals surface area contributed by atoms with E-state index in [-0.39, 0.29) is 10.1 Å². The molecule has 1 aliphatic carbocycles. The second-order valence-corrected chi connectivity index (χ2v) is 7.93. The third-order valence-corrected chi connectivity index (χ3v) is 6.73. The van der Waals surface area contributed by atoms with E-state index in [1.807, 2.05) is 6.92 Å². The lowest BCUT2D eigenvalue weighted by molar-refractivity contribution is 0.339. The van der Waals surface area contributed by atoms with Gasteiger partial charge in [-0.25, -0.2) is 8.42 Å². The van der Waals surface area contributed by atoms with Crippen LogP contribution in [-0.4, -0.2) is 20.3 Å². The molecule has 4 nitrogen and oxygen atoms in total. The van der Waals surface area contributed by atoms with Crippen LogP contribution in [-0.2, 0) is 9.84 Å². The largest absolute Gasteiger partial charge is 0.494 e. The van der Waals surface area contributed by atoms with Gasteiger partial charge >= 0.3 is 0 Å². The Morgan fingerprint density at radius 2 is 1.86 bits per heavy atom. The van der Waals surface area contributed by atoms with Crippen LogP contribution in [0.1, 0.15) is 46.0 Å². The average Bonchev–Trinajstić information content (AvgIpc) is 2.49. The summed E-state index contributed by atoms with van der Waals surface area (Å²) in [7, 11) is -3.37. The molecule has 2 N–H and O–H groups in total. The van der Waals surface area contributed by atoms with Crippen LogP contribution in [0.4, 0.5) is 5.69 Å². The highest BCUT2D eigenvalue weighted by Crippen LogP contribution is 2.35. The molecule has 5 heteroatoms. The van der Waals surface area contributed by atoms with E-state index < -0.39 is 9.84 Å². The Morgan fingerprint density at radius 1 is 1.19 bits per heavy atom. The van der Waals surface area contributed by atoms with Crippen molar-refractivity contribution in [2.75, 3.05) is 12.3 Å². The number of nitrogen functional groups attached to an aromatic ring is 1. The maximum absolute atomic E-state index is 12.8. The first-order chi connectivity index (χ1) is 9.98. The van der Waals surface area contributed by atoms with Crippen LogP contribution in [0.3, 0.4) is 0 Å². The van der Waals surface area contributed by atoms with Gasteiger partial charge in [-0.1, -0.05) is 13.3 Å². The van der Waals surface area contributed by atoms with E-state index in [4.69, 9.17) is 10.5 Å². The van der Waals surface area contributed by atoms with E-state index in [9.17, 15) is 8.42 Å². The number of nitrogens with two attached hydrogens (primary N) is 1. The minimum atomic E-state index is -3.37. The van der Waals surface area contributed by atoms with Crippen LogP contribution in [0, 0.1) is 5.92 Å². The first-order valence-electron chi connectivity index (χ1n) is 7.75. The topological polar surface area (TPSA) is 69.4 Å². The quantitative estimate of drug-likeness (QED) is 0.846. The first kappa shape index (κ1) is 16.1. The highest BCUT2D eigenvalue weighted by Gasteiger charge is 2.33. The smallest absolute Gasteiger partial charge is 0.183 e. The fourth-order valence-corrected chi connectivity index (χ4v) is 4.98. The summed E-state index contributed by atoms with van der Waals surface area (Å²) < 4.78 is 31.0. The zero-order chi connectivity index (χ0) is 15.5. The van der Waals surface area contributed by atoms with Crippen LogP contribution in [0.25, 0.3) is 0 Å². The molecule has 0 unspecified atom stereocenters. The zero-order valence-electron chi connectivity index (χ0n) is 12.8. The van der Waals surface area contributed by atoms with Crippen molar-refractivity contribution in [1.82, 2.24) is 0 Å². The van der Waals surface area contributed by atoms with Crippen LogP contribution in [0.2, 0.25) is 0 Å². The van der Waals surface area contributed by atoms with E-state index in [1.165, 1.54) is 0 Å². The molecule has 1 saturated carbocycles. The summed E-state index contributed by atoms with van der Waals surface area (Å²) in [6, 6.07) is 4.90. The van der Waals surface area contributed by atoms with Gasteiger partial charge in [0.05, 0.1) is 22.4 Å². The fourth-order valence-electron chi connectivity index (χ4n) is 3.05. The van der Waals surface area contributed by atoms with Crippen molar-refractivity contribution in [3.8, 4) is 5.75 Å². The zero-order valence-corrected chi connectivity index (χ0v) is 13.7. The summed E-state index contributed by atoms with van der Waals surface area (Å²) >= 11 is 0. The van der Waals surface area contributed by atoms with Gasteiger partial charge in [-0.15, -0.1) is 0 Å². The number of hydrogen-bond acceptors (Lipinski definition) is 4. The second kappa shape index (κ2) is 6.69. The number of hydrogen-bond donors (Lipinski definition) is 1. The predicted molar refractivity (Wildman–Crippen MR) is 85.2 cm³/mol. The summed E-state index contributed by atoms with van der Waals surface area (Å²) in [5, 5.41) is -0.306. The lowest BCUT2D eigenvalue weighted by Gasteiger charge is -2.28. The van der Waals surface area contributed by atoms with Gasteiger partial charge in [0.2, 0.25) is 0 Å². The summed E-state index contributed by atoms with van der Waals surface area (Å²) in [6.45, 7) is 4.55. The molecule has 0 heterocycles. The van der Waals surface area contributed by atoms with Crippen molar-refractivity contribution in [2.45, 2.75) is 56.1 Å². The molecule has 21 heavy (non-hydrogen) atoms. The molecule has 0 atom stereocenters. The summed E-state index contributed by atoms with van der Waals surface area (Å²) in [5.41, 5.74) is 6.21. The molecular formula is C16H25NO3S. The van der Waals surface area contributed by atoms with Gasteiger partial charge in [0.1, 0.15) is 5.75 Å². The van der Waals surface area contributed by atoms with E-state index in [0.29, 0.717) is 24.0 Å². The third-order valence-electron chi connectivity index (χ3n) is 4.41. The highest BCUT2D eigenvalue weighted by atomic mass is 32.2. The molecule has 1 fully saturated rings. The summed E-state index contributed by atoms with van der Waals surface area (Å²) in [5.74, 6) is 1.23. The molecule has 0 amide bonds. The van der Waals surface area contributed by atoms with E-state index in [0.717, 1.165) is 32.1 Å². The Balaban J connectivity index is 2.25. The van der Waals surface area contributed by atoms with Crippen molar-refractivity contribution < 1.29 is 13.2 Å². The SMILES string of the molecule is CCOc1ccc(N)c(S(=O)(=O)C2CCC(CC)CC2)c1. The maximum Gasteiger partial charge on any atom is 0.183 e. The number of anilines is 1. The summed E-state index contributed by atoms with van der Waals surface area (Å²) in [6.07, 6.45) is 4.59. The van der Waals surface area contributed by atoms with Crippen molar-refractivity contribution in [3.63, 3.8) is 0 Å².